The molecule has 2 heterocycles. The van der Waals surface area contributed by atoms with Gasteiger partial charge in [0.25, 0.3) is 5.91 Å². The molecule has 6 nitrogen and oxygen atoms in total. The Balaban J connectivity index is 1.78. The van der Waals surface area contributed by atoms with Gasteiger partial charge in [-0.3, -0.25) is 9.59 Å². The maximum Gasteiger partial charge on any atom is 0.264 e. The molecule has 0 N–H and O–H groups in total. The van der Waals surface area contributed by atoms with Crippen LogP contribution in [0.15, 0.2) is 23.1 Å². The Morgan fingerprint density at radius 2 is 1.41 bits per heavy atom. The minimum atomic E-state index is -3.64. The van der Waals surface area contributed by atoms with Crippen LogP contribution in [0.25, 0.3) is 0 Å². The normalized spacial score (nSPS) is 15.6. The van der Waals surface area contributed by atoms with Crippen LogP contribution in [0.3, 0.4) is 0 Å². The zero-order chi connectivity index (χ0) is 21.5. The minimum Gasteiger partial charge on any atom is -0.335 e. The second-order valence-electron chi connectivity index (χ2n) is 7.51. The largest absolute Gasteiger partial charge is 0.335 e. The second kappa shape index (κ2) is 8.01. The van der Waals surface area contributed by atoms with Crippen LogP contribution in [0.1, 0.15) is 48.5 Å². The first-order valence-electron chi connectivity index (χ1n) is 9.51. The van der Waals surface area contributed by atoms with Gasteiger partial charge >= 0.3 is 0 Å². The van der Waals surface area contributed by atoms with Crippen molar-refractivity contribution in [3.05, 3.63) is 50.2 Å². The average Bonchev–Trinajstić information content (AvgIpc) is 3.16. The van der Waals surface area contributed by atoms with Crippen LogP contribution < -0.4 is 0 Å². The number of carbonyl (C=O) groups excluding carboxylic acids is 2. The molecule has 0 bridgehead atoms. The maximum atomic E-state index is 13.3. The quantitative estimate of drug-likeness (QED) is 0.692. The lowest BCUT2D eigenvalue weighted by molar-refractivity contribution is 0.0702. The van der Waals surface area contributed by atoms with E-state index >= 15 is 0 Å². The van der Waals surface area contributed by atoms with Gasteiger partial charge in [-0.1, -0.05) is 6.07 Å². The summed E-state index contributed by atoms with van der Waals surface area (Å²) in [6, 6.07) is 5.33. The molecule has 0 spiro atoms. The molecule has 0 radical (unpaired) electrons. The molecule has 1 aliphatic heterocycles. The third-order valence-corrected chi connectivity index (χ3v) is 8.93. The fourth-order valence-electron chi connectivity index (χ4n) is 3.63. The zero-order valence-corrected chi connectivity index (χ0v) is 19.0. The summed E-state index contributed by atoms with van der Waals surface area (Å²) in [6.07, 6.45) is 0. The number of rotatable bonds is 4. The van der Waals surface area contributed by atoms with Crippen molar-refractivity contribution >= 4 is 33.1 Å². The van der Waals surface area contributed by atoms with Gasteiger partial charge in [0.1, 0.15) is 0 Å². The molecular weight excluding hydrogens is 408 g/mol. The summed E-state index contributed by atoms with van der Waals surface area (Å²) in [5, 5.41) is 0. The van der Waals surface area contributed by atoms with E-state index in [4.69, 9.17) is 0 Å². The van der Waals surface area contributed by atoms with Crippen molar-refractivity contribution in [1.82, 2.24) is 9.21 Å². The van der Waals surface area contributed by atoms with Crippen LogP contribution in [0, 0.1) is 27.7 Å². The van der Waals surface area contributed by atoms with Crippen molar-refractivity contribution in [3.63, 3.8) is 0 Å². The molecule has 1 amide bonds. The summed E-state index contributed by atoms with van der Waals surface area (Å²) in [6.45, 7) is 10.2. The van der Waals surface area contributed by atoms with Gasteiger partial charge in [0.05, 0.1) is 14.6 Å². The molecule has 1 aromatic heterocycles. The third kappa shape index (κ3) is 4.01. The van der Waals surface area contributed by atoms with E-state index in [-0.39, 0.29) is 24.8 Å². The van der Waals surface area contributed by atoms with E-state index in [1.165, 1.54) is 22.6 Å². The van der Waals surface area contributed by atoms with Crippen molar-refractivity contribution in [1.29, 1.82) is 0 Å². The van der Waals surface area contributed by atoms with Crippen molar-refractivity contribution in [2.75, 3.05) is 26.2 Å². The van der Waals surface area contributed by atoms with E-state index in [1.807, 2.05) is 33.8 Å². The van der Waals surface area contributed by atoms with E-state index in [1.54, 1.807) is 17.0 Å². The van der Waals surface area contributed by atoms with Gasteiger partial charge in [0.2, 0.25) is 10.0 Å². The van der Waals surface area contributed by atoms with E-state index in [0.717, 1.165) is 22.3 Å². The number of ketones is 1. The highest BCUT2D eigenvalue weighted by Crippen LogP contribution is 2.29. The number of sulfonamides is 1. The number of amides is 1. The molecule has 0 saturated carbocycles. The molecule has 156 valence electrons. The molecule has 2 aromatic rings. The number of piperazine rings is 1. The Morgan fingerprint density at radius 1 is 0.897 bits per heavy atom. The van der Waals surface area contributed by atoms with Crippen molar-refractivity contribution < 1.29 is 18.0 Å². The molecule has 8 heteroatoms. The van der Waals surface area contributed by atoms with Crippen molar-refractivity contribution in [2.45, 2.75) is 39.5 Å². The summed E-state index contributed by atoms with van der Waals surface area (Å²) < 4.78 is 28.2. The van der Waals surface area contributed by atoms with Gasteiger partial charge in [0, 0.05) is 26.2 Å². The molecule has 0 atom stereocenters. The molecule has 1 aromatic carbocycles. The monoisotopic (exact) mass is 434 g/mol. The number of benzene rings is 1. The maximum absolute atomic E-state index is 13.3. The number of hydrogen-bond acceptors (Lipinski definition) is 5. The van der Waals surface area contributed by atoms with Gasteiger partial charge in [0.15, 0.2) is 5.78 Å². The van der Waals surface area contributed by atoms with E-state index in [9.17, 15) is 18.0 Å². The highest BCUT2D eigenvalue weighted by atomic mass is 32.2. The molecule has 0 aliphatic carbocycles. The fraction of sp³-hybridized carbons (Fsp3) is 0.429. The van der Waals surface area contributed by atoms with E-state index < -0.39 is 10.0 Å². The van der Waals surface area contributed by atoms with Gasteiger partial charge < -0.3 is 4.90 Å². The van der Waals surface area contributed by atoms with Gasteiger partial charge in [-0.05, 0) is 69.0 Å². The van der Waals surface area contributed by atoms with Gasteiger partial charge in [-0.15, -0.1) is 11.3 Å². The molecule has 1 fully saturated rings. The molecule has 1 aliphatic rings. The Hall–Kier alpha value is -2.03. The summed E-state index contributed by atoms with van der Waals surface area (Å²) in [4.78, 5) is 27.3. The predicted molar refractivity (Wildman–Crippen MR) is 114 cm³/mol. The fourth-order valence-corrected chi connectivity index (χ4v) is 6.49. The molecular formula is C21H26N2O4S2. The Bertz CT molecular complexity index is 1050. The van der Waals surface area contributed by atoms with Crippen molar-refractivity contribution in [2.24, 2.45) is 0 Å². The minimum absolute atomic E-state index is 0.0656. The van der Waals surface area contributed by atoms with Crippen molar-refractivity contribution in [3.8, 4) is 0 Å². The number of thiophene rings is 1. The molecule has 1 saturated heterocycles. The lowest BCUT2D eigenvalue weighted by Gasteiger charge is -2.34. The smallest absolute Gasteiger partial charge is 0.264 e. The number of nitrogens with zero attached hydrogens (tertiary/aromatic N) is 2. The van der Waals surface area contributed by atoms with Crippen LogP contribution in [0.4, 0.5) is 0 Å². The zero-order valence-electron chi connectivity index (χ0n) is 17.4. The molecule has 29 heavy (non-hydrogen) atoms. The van der Waals surface area contributed by atoms with Gasteiger partial charge in [-0.2, -0.15) is 4.31 Å². The lowest BCUT2D eigenvalue weighted by Crippen LogP contribution is -2.50. The van der Waals surface area contributed by atoms with Gasteiger partial charge in [-0.25, -0.2) is 8.42 Å². The van der Waals surface area contributed by atoms with Crippen LogP contribution in [-0.4, -0.2) is 55.5 Å². The Morgan fingerprint density at radius 3 is 1.90 bits per heavy atom. The van der Waals surface area contributed by atoms with Crippen LogP contribution in [-0.2, 0) is 10.0 Å². The van der Waals surface area contributed by atoms with E-state index in [0.29, 0.717) is 27.7 Å². The predicted octanol–water partition coefficient (Wildman–Crippen LogP) is 3.33. The summed E-state index contributed by atoms with van der Waals surface area (Å²) in [5.74, 6) is -0.220. The highest BCUT2D eigenvalue weighted by Gasteiger charge is 2.33. The Kier molecular flexibility index (Phi) is 5.98. The number of Topliss-reactive ketones (excluding diaryl/α,β-unsaturated/α-hetero) is 1. The first-order valence-corrected chi connectivity index (χ1v) is 11.8. The number of carbonyl (C=O) groups is 2. The number of aryl methyl sites for hydroxylation is 2. The lowest BCUT2D eigenvalue weighted by atomic mass is 10.0. The first kappa shape index (κ1) is 21.7. The van der Waals surface area contributed by atoms with Crippen LogP contribution in [0.5, 0.6) is 0 Å². The SMILES string of the molecule is CC(=O)c1ccc(C(=O)N2CCN(S(=O)(=O)c3c(C)c(C)cc(C)c3C)CC2)s1. The molecule has 0 unspecified atom stereocenters. The highest BCUT2D eigenvalue weighted by molar-refractivity contribution is 7.89. The summed E-state index contributed by atoms with van der Waals surface area (Å²) in [7, 11) is -3.64. The number of hydrogen-bond donors (Lipinski definition) is 0. The first-order chi connectivity index (χ1) is 13.5. The molecule has 3 rings (SSSR count). The van der Waals surface area contributed by atoms with Crippen LogP contribution in [0.2, 0.25) is 0 Å². The average molecular weight is 435 g/mol. The summed E-state index contributed by atoms with van der Waals surface area (Å²) in [5.41, 5.74) is 3.47. The van der Waals surface area contributed by atoms with Crippen LogP contribution >= 0.6 is 11.3 Å². The summed E-state index contributed by atoms with van der Waals surface area (Å²) >= 11 is 1.18. The Labute approximate surface area is 176 Å². The van der Waals surface area contributed by atoms with E-state index in [2.05, 4.69) is 0 Å². The second-order valence-corrected chi connectivity index (χ2v) is 10.5. The standard InChI is InChI=1S/C21H26N2O4S2/c1-13-12-14(2)16(4)20(15(13)3)29(26,27)23-10-8-22(9-11-23)21(25)19-7-6-18(28-19)17(5)24/h6-7,12H,8-11H2,1-5H3. The third-order valence-electron chi connectivity index (χ3n) is 5.58. The topological polar surface area (TPSA) is 74.8 Å².